The van der Waals surface area contributed by atoms with E-state index in [1.54, 1.807) is 0 Å². The molecule has 0 aliphatic carbocycles. The molecule has 4 heteroatoms. The van der Waals surface area contributed by atoms with Crippen LogP contribution in [-0.2, 0) is 4.57 Å². The third-order valence-corrected chi connectivity index (χ3v) is 0.611. The molecule has 0 bridgehead atoms. The first-order chi connectivity index (χ1) is 3.41. The molecule has 40 valence electrons. The van der Waals surface area contributed by atoms with Crippen molar-refractivity contribution in [1.82, 2.24) is 5.32 Å². The Morgan fingerprint density at radius 3 is 3.00 bits per heavy atom. The third-order valence-electron chi connectivity index (χ3n) is 0.362. The summed E-state index contributed by atoms with van der Waals surface area (Å²) in [6.07, 6.45) is 0. The number of aliphatic hydroxyl groups excluding tert-OH is 1. The number of hydrogen-bond acceptors (Lipinski definition) is 3. The van der Waals surface area contributed by atoms with Crippen LogP contribution in [0.5, 0.6) is 0 Å². The molecule has 0 heterocycles. The Morgan fingerprint density at radius 1 is 1.86 bits per heavy atom. The van der Waals surface area contributed by atoms with E-state index in [-0.39, 0.29) is 14.5 Å². The van der Waals surface area contributed by atoms with Crippen molar-refractivity contribution in [3.05, 3.63) is 0 Å². The fraction of sp³-hybridized carbons (Fsp3) is 0.667. The zero-order valence-electron chi connectivity index (χ0n) is 3.72. The van der Waals surface area contributed by atoms with E-state index in [2.05, 4.69) is 11.1 Å². The molecule has 0 radical (unpaired) electrons. The van der Waals surface area contributed by atoms with Crippen molar-refractivity contribution in [2.75, 3.05) is 13.2 Å². The van der Waals surface area contributed by atoms with E-state index in [1.807, 2.05) is 0 Å². The quantitative estimate of drug-likeness (QED) is 0.300. The molecule has 0 saturated heterocycles. The van der Waals surface area contributed by atoms with E-state index < -0.39 is 0 Å². The zero-order chi connectivity index (χ0) is 5.54. The van der Waals surface area contributed by atoms with Crippen LogP contribution in [0.15, 0.2) is 0 Å². The van der Waals surface area contributed by atoms with Crippen molar-refractivity contribution in [3.63, 3.8) is 0 Å². The van der Waals surface area contributed by atoms with Gasteiger partial charge in [-0.15, -0.1) is 0 Å². The predicted octanol–water partition coefficient (Wildman–Crippen LogP) is -0.223. The monoisotopic (exact) mass is 119 g/mol. The molecule has 7 heavy (non-hydrogen) atoms. The van der Waals surface area contributed by atoms with E-state index in [0.29, 0.717) is 6.54 Å². The average Bonchev–Trinajstić information content (AvgIpc) is 1.69. The molecule has 2 N–H and O–H groups in total. The van der Waals surface area contributed by atoms with Crippen molar-refractivity contribution in [3.8, 4) is 5.75 Å². The second kappa shape index (κ2) is 5.93. The van der Waals surface area contributed by atoms with Gasteiger partial charge in [-0.1, -0.05) is 0 Å². The van der Waals surface area contributed by atoms with Crippen molar-refractivity contribution >= 4 is 7.92 Å². The van der Waals surface area contributed by atoms with Crippen LogP contribution in [0.4, 0.5) is 0 Å². The van der Waals surface area contributed by atoms with Crippen LogP contribution in [0.3, 0.4) is 0 Å². The molecule has 0 fully saturated rings. The van der Waals surface area contributed by atoms with Gasteiger partial charge in [-0.05, 0) is 0 Å². The van der Waals surface area contributed by atoms with Gasteiger partial charge in [0.2, 0.25) is 0 Å². The van der Waals surface area contributed by atoms with Crippen LogP contribution in [0.25, 0.3) is 0 Å². The summed E-state index contributed by atoms with van der Waals surface area (Å²) in [6.45, 7) is 0.456. The number of aliphatic hydroxyl groups is 1. The van der Waals surface area contributed by atoms with Gasteiger partial charge in [-0.25, -0.2) is 0 Å². The topological polar surface area (TPSA) is 49.3 Å². The normalized spacial score (nSPS) is 7.57. The molecule has 3 nitrogen and oxygen atoms in total. The van der Waals surface area contributed by atoms with E-state index in [0.717, 1.165) is 0 Å². The van der Waals surface area contributed by atoms with Crippen LogP contribution in [0, 0.1) is 5.75 Å². The molecule has 0 spiro atoms. The SMILES string of the molecule is O=P#CNCCO. The Kier molecular flexibility index (Phi) is 5.87. The summed E-state index contributed by atoms with van der Waals surface area (Å²) in [7, 11) is -0.168. The summed E-state index contributed by atoms with van der Waals surface area (Å²) < 4.78 is 9.52. The first-order valence-corrected chi connectivity index (χ1v) is 2.64. The molecule has 0 aliphatic heterocycles. The third kappa shape index (κ3) is 5.93. The summed E-state index contributed by atoms with van der Waals surface area (Å²) in [5.41, 5.74) is 0. The van der Waals surface area contributed by atoms with Crippen molar-refractivity contribution in [2.24, 2.45) is 0 Å². The molecular weight excluding hydrogens is 113 g/mol. The fourth-order valence-electron chi connectivity index (χ4n) is 0.144. The summed E-state index contributed by atoms with van der Waals surface area (Å²) in [6, 6.07) is 0. The van der Waals surface area contributed by atoms with Gasteiger partial charge in [0.15, 0.2) is 0 Å². The Hall–Kier alpha value is -0.0700. The van der Waals surface area contributed by atoms with Gasteiger partial charge in [0.1, 0.15) is 0 Å². The molecule has 0 amide bonds. The number of hydrogen-bond donors (Lipinski definition) is 2. The Morgan fingerprint density at radius 2 is 2.57 bits per heavy atom. The second-order valence-corrected chi connectivity index (χ2v) is 1.26. The second-order valence-electron chi connectivity index (χ2n) is 0.853. The Balaban J connectivity index is 2.93. The van der Waals surface area contributed by atoms with E-state index >= 15 is 0 Å². The molecular formula is C3H6NO2P. The summed E-state index contributed by atoms with van der Waals surface area (Å²) in [5.74, 6) is 2.26. The molecule has 0 aromatic heterocycles. The van der Waals surface area contributed by atoms with Crippen molar-refractivity contribution < 1.29 is 9.67 Å². The van der Waals surface area contributed by atoms with E-state index in [9.17, 15) is 4.57 Å². The first-order valence-electron chi connectivity index (χ1n) is 1.83. The molecule has 0 rings (SSSR count). The maximum atomic E-state index is 9.52. The zero-order valence-corrected chi connectivity index (χ0v) is 4.61. The van der Waals surface area contributed by atoms with Gasteiger partial charge in [-0.3, -0.25) is 0 Å². The number of rotatable bonds is 2. The van der Waals surface area contributed by atoms with Gasteiger partial charge in [0, 0.05) is 0 Å². The maximum absolute atomic E-state index is 9.52. The van der Waals surface area contributed by atoms with Crippen LogP contribution in [0.2, 0.25) is 0 Å². The van der Waals surface area contributed by atoms with Crippen molar-refractivity contribution in [1.29, 1.82) is 0 Å². The van der Waals surface area contributed by atoms with E-state index in [1.165, 1.54) is 0 Å². The van der Waals surface area contributed by atoms with Gasteiger partial charge in [0.25, 0.3) is 0 Å². The number of nitrogens with one attached hydrogen (secondary N) is 1. The van der Waals surface area contributed by atoms with Gasteiger partial charge >= 0.3 is 41.8 Å². The van der Waals surface area contributed by atoms with Crippen LogP contribution < -0.4 is 5.32 Å². The average molecular weight is 119 g/mol. The molecule has 0 aromatic rings. The Bertz CT molecular complexity index is 116. The molecule has 0 aliphatic rings. The van der Waals surface area contributed by atoms with Crippen molar-refractivity contribution in [2.45, 2.75) is 0 Å². The van der Waals surface area contributed by atoms with Crippen LogP contribution in [-0.4, -0.2) is 18.3 Å². The van der Waals surface area contributed by atoms with Gasteiger partial charge in [0.05, 0.1) is 0 Å². The molecule has 0 saturated carbocycles. The van der Waals surface area contributed by atoms with Gasteiger partial charge < -0.3 is 0 Å². The molecule has 0 unspecified atom stereocenters. The Labute approximate surface area is 42.9 Å². The summed E-state index contributed by atoms with van der Waals surface area (Å²) >= 11 is 0. The van der Waals surface area contributed by atoms with E-state index in [4.69, 9.17) is 5.11 Å². The minimum atomic E-state index is -0.168. The predicted molar refractivity (Wildman–Crippen MR) is 26.6 cm³/mol. The first kappa shape index (κ1) is 6.93. The molecule has 0 aromatic carbocycles. The molecule has 0 atom stereocenters. The summed E-state index contributed by atoms with van der Waals surface area (Å²) in [4.78, 5) is 0. The standard InChI is InChI=1S/C3H6NO2P/c5-2-1-4-3-7-6/h4-5H,1-2H2. The fourth-order valence-corrected chi connectivity index (χ4v) is 0.320. The minimum absolute atomic E-state index is 0.0442. The van der Waals surface area contributed by atoms with Crippen LogP contribution >= 0.6 is 7.92 Å². The van der Waals surface area contributed by atoms with Crippen LogP contribution in [0.1, 0.15) is 0 Å². The summed E-state index contributed by atoms with van der Waals surface area (Å²) in [5, 5.41) is 10.5. The van der Waals surface area contributed by atoms with Gasteiger partial charge in [-0.2, -0.15) is 0 Å².